The number of alkyl halides is 2. The second-order valence-corrected chi connectivity index (χ2v) is 8.36. The molecule has 0 unspecified atom stereocenters. The van der Waals surface area contributed by atoms with Crippen LogP contribution in [0.2, 0.25) is 0 Å². The van der Waals surface area contributed by atoms with E-state index in [1.807, 2.05) is 0 Å². The number of anilines is 1. The molecule has 16 heavy (non-hydrogen) atoms. The van der Waals surface area contributed by atoms with Gasteiger partial charge in [0.15, 0.2) is 9.84 Å². The molecular weight excluding hydrogens is 318 g/mol. The Hall–Kier alpha value is -0.590. The summed E-state index contributed by atoms with van der Waals surface area (Å²) in [4.78, 5) is 11.8. The average Bonchev–Trinajstić information content (AvgIpc) is 2.16. The van der Waals surface area contributed by atoms with E-state index in [-0.39, 0.29) is 5.56 Å². The lowest BCUT2D eigenvalue weighted by atomic mass is 10.1. The van der Waals surface area contributed by atoms with Gasteiger partial charge in [0, 0.05) is 17.5 Å². The quantitative estimate of drug-likeness (QED) is 0.522. The van der Waals surface area contributed by atoms with Gasteiger partial charge in [-0.2, -0.15) is 0 Å². The minimum Gasteiger partial charge on any atom is -0.399 e. The highest BCUT2D eigenvalue weighted by Gasteiger charge is 2.44. The van der Waals surface area contributed by atoms with E-state index in [2.05, 4.69) is 15.9 Å². The van der Waals surface area contributed by atoms with E-state index in [1.165, 1.54) is 24.3 Å². The summed E-state index contributed by atoms with van der Waals surface area (Å²) >= 11 is 8.40. The third-order valence-corrected chi connectivity index (χ3v) is 6.16. The molecule has 0 saturated carbocycles. The number of nitrogen functional groups attached to an aromatic ring is 1. The van der Waals surface area contributed by atoms with Crippen molar-refractivity contribution in [2.75, 3.05) is 12.0 Å². The van der Waals surface area contributed by atoms with Gasteiger partial charge < -0.3 is 5.73 Å². The summed E-state index contributed by atoms with van der Waals surface area (Å²) in [5, 5.41) is 0. The first-order valence-electron chi connectivity index (χ1n) is 4.14. The van der Waals surface area contributed by atoms with Crippen molar-refractivity contribution < 1.29 is 13.2 Å². The van der Waals surface area contributed by atoms with Crippen molar-refractivity contribution in [2.24, 2.45) is 0 Å². The Kier molecular flexibility index (Phi) is 3.66. The summed E-state index contributed by atoms with van der Waals surface area (Å²) in [6.07, 6.45) is 0.879. The fourth-order valence-electron chi connectivity index (χ4n) is 0.971. The van der Waals surface area contributed by atoms with Crippen LogP contribution in [-0.4, -0.2) is 23.6 Å². The van der Waals surface area contributed by atoms with E-state index in [1.54, 1.807) is 0 Å². The van der Waals surface area contributed by atoms with Crippen LogP contribution in [-0.2, 0) is 9.84 Å². The van der Waals surface area contributed by atoms with Gasteiger partial charge in [-0.1, -0.05) is 11.6 Å². The molecule has 1 rings (SSSR count). The van der Waals surface area contributed by atoms with Gasteiger partial charge in [0.1, 0.15) is 0 Å². The molecule has 1 aromatic rings. The Morgan fingerprint density at radius 2 is 1.81 bits per heavy atom. The average molecular weight is 327 g/mol. The summed E-state index contributed by atoms with van der Waals surface area (Å²) in [7, 11) is -3.76. The molecule has 0 radical (unpaired) electrons. The van der Waals surface area contributed by atoms with Gasteiger partial charge in [0.05, 0.1) is 0 Å². The maximum atomic E-state index is 11.8. The number of sulfone groups is 1. The molecule has 0 aromatic heterocycles. The first kappa shape index (κ1) is 13.5. The summed E-state index contributed by atoms with van der Waals surface area (Å²) in [6.45, 7) is 0. The van der Waals surface area contributed by atoms with Crippen LogP contribution in [0.25, 0.3) is 0 Å². The predicted octanol–water partition coefficient (Wildman–Crippen LogP) is 1.78. The van der Waals surface area contributed by atoms with E-state index in [0.29, 0.717) is 5.69 Å². The standard InChI is InChI=1S/C9H9BrClNO3S/c1-16(14,15)9(10,11)8(13)6-2-4-7(12)5-3-6/h2-5H,12H2,1H3/t9-/m1/s1. The maximum absolute atomic E-state index is 11.8. The third kappa shape index (κ3) is 2.56. The van der Waals surface area contributed by atoms with E-state index in [0.717, 1.165) is 6.26 Å². The number of nitrogens with two attached hydrogens (primary N) is 1. The SMILES string of the molecule is CS(=O)(=O)[C@@](Cl)(Br)C(=O)c1ccc(N)cc1. The van der Waals surface area contributed by atoms with Gasteiger partial charge in [0.2, 0.25) is 5.78 Å². The maximum Gasteiger partial charge on any atom is 0.261 e. The smallest absolute Gasteiger partial charge is 0.261 e. The van der Waals surface area contributed by atoms with Crippen LogP contribution in [0.3, 0.4) is 0 Å². The molecule has 1 aromatic carbocycles. The van der Waals surface area contributed by atoms with Crippen LogP contribution in [0.1, 0.15) is 10.4 Å². The van der Waals surface area contributed by atoms with Crippen LogP contribution >= 0.6 is 27.5 Å². The number of ketones is 1. The van der Waals surface area contributed by atoms with Crippen LogP contribution in [0.15, 0.2) is 24.3 Å². The van der Waals surface area contributed by atoms with Crippen LogP contribution < -0.4 is 5.73 Å². The molecule has 0 aliphatic carbocycles. The normalized spacial score (nSPS) is 15.4. The second kappa shape index (κ2) is 4.35. The van der Waals surface area contributed by atoms with Gasteiger partial charge in [0.25, 0.3) is 3.12 Å². The lowest BCUT2D eigenvalue weighted by Gasteiger charge is -2.16. The topological polar surface area (TPSA) is 77.2 Å². The van der Waals surface area contributed by atoms with Gasteiger partial charge in [-0.05, 0) is 40.2 Å². The molecule has 0 bridgehead atoms. The van der Waals surface area contributed by atoms with Crippen molar-refractivity contribution in [1.82, 2.24) is 0 Å². The first-order valence-corrected chi connectivity index (χ1v) is 7.20. The second-order valence-electron chi connectivity index (χ2n) is 3.24. The van der Waals surface area contributed by atoms with Crippen molar-refractivity contribution in [3.63, 3.8) is 0 Å². The molecule has 4 nitrogen and oxygen atoms in total. The molecule has 0 amide bonds. The van der Waals surface area contributed by atoms with Gasteiger partial charge in [-0.15, -0.1) is 0 Å². The predicted molar refractivity (Wildman–Crippen MR) is 67.5 cm³/mol. The van der Waals surface area contributed by atoms with Gasteiger partial charge in [-0.3, -0.25) is 4.79 Å². The molecule has 0 aliphatic heterocycles. The molecule has 0 heterocycles. The molecule has 0 spiro atoms. The highest BCUT2D eigenvalue weighted by molar-refractivity contribution is 9.12. The zero-order valence-electron chi connectivity index (χ0n) is 8.28. The highest BCUT2D eigenvalue weighted by atomic mass is 79.9. The van der Waals surface area contributed by atoms with E-state index < -0.39 is 18.7 Å². The Labute approximate surface area is 107 Å². The number of carbonyl (C=O) groups is 1. The molecule has 7 heteroatoms. The van der Waals surface area contributed by atoms with Crippen LogP contribution in [0.4, 0.5) is 5.69 Å². The van der Waals surface area contributed by atoms with Crippen LogP contribution in [0, 0.1) is 0 Å². The highest BCUT2D eigenvalue weighted by Crippen LogP contribution is 2.33. The first-order chi connectivity index (χ1) is 7.16. The summed E-state index contributed by atoms with van der Waals surface area (Å²) in [6, 6.07) is 5.83. The fraction of sp³-hybridized carbons (Fsp3) is 0.222. The monoisotopic (exact) mass is 325 g/mol. The Morgan fingerprint density at radius 1 is 1.38 bits per heavy atom. The van der Waals surface area contributed by atoms with Gasteiger partial charge in [-0.25, -0.2) is 8.42 Å². The Balaban J connectivity index is 3.18. The summed E-state index contributed by atoms with van der Waals surface area (Å²) in [5.41, 5.74) is 6.10. The minimum absolute atomic E-state index is 0.173. The number of carbonyl (C=O) groups excluding carboxylic acids is 1. The van der Waals surface area contributed by atoms with E-state index in [9.17, 15) is 13.2 Å². The number of rotatable bonds is 3. The number of Topliss-reactive ketones (excluding diaryl/α,β-unsaturated/α-hetero) is 1. The lowest BCUT2D eigenvalue weighted by molar-refractivity contribution is 0.1000. The fourth-order valence-corrected chi connectivity index (χ4v) is 1.76. The Morgan fingerprint density at radius 3 is 2.19 bits per heavy atom. The van der Waals surface area contributed by atoms with Crippen LogP contribution in [0.5, 0.6) is 0 Å². The molecule has 0 saturated heterocycles. The number of hydrogen-bond acceptors (Lipinski definition) is 4. The molecule has 2 N–H and O–H groups in total. The van der Waals surface area contributed by atoms with Crippen molar-refractivity contribution in [3.8, 4) is 0 Å². The molecular formula is C9H9BrClNO3S. The van der Waals surface area contributed by atoms with Gasteiger partial charge >= 0.3 is 0 Å². The Bertz CT molecular complexity index is 510. The van der Waals surface area contributed by atoms with Crippen molar-refractivity contribution in [3.05, 3.63) is 29.8 Å². The third-order valence-electron chi connectivity index (χ3n) is 1.90. The van der Waals surface area contributed by atoms with E-state index in [4.69, 9.17) is 17.3 Å². The van der Waals surface area contributed by atoms with Crippen molar-refractivity contribution >= 4 is 48.8 Å². The van der Waals surface area contributed by atoms with Crippen molar-refractivity contribution in [1.29, 1.82) is 0 Å². The molecule has 1 atom stereocenters. The molecule has 0 fully saturated rings. The van der Waals surface area contributed by atoms with Crippen molar-refractivity contribution in [2.45, 2.75) is 3.12 Å². The number of hydrogen-bond donors (Lipinski definition) is 1. The minimum atomic E-state index is -3.76. The zero-order chi connectivity index (χ0) is 12.6. The zero-order valence-corrected chi connectivity index (χ0v) is 11.4. The largest absolute Gasteiger partial charge is 0.399 e. The number of halogens is 2. The molecule has 0 aliphatic rings. The molecule has 88 valence electrons. The van der Waals surface area contributed by atoms with E-state index >= 15 is 0 Å². The number of benzene rings is 1. The lowest BCUT2D eigenvalue weighted by Crippen LogP contribution is -2.34. The summed E-state index contributed by atoms with van der Waals surface area (Å²) in [5.74, 6) is -0.739. The summed E-state index contributed by atoms with van der Waals surface area (Å²) < 4.78 is 20.5.